The molecule has 0 radical (unpaired) electrons. The molecule has 0 aliphatic rings. The minimum absolute atomic E-state index is 0.204. The van der Waals surface area contributed by atoms with Crippen molar-refractivity contribution in [1.29, 1.82) is 0 Å². The van der Waals surface area contributed by atoms with Gasteiger partial charge >= 0.3 is 0 Å². The Labute approximate surface area is 78.2 Å². The first kappa shape index (κ1) is 8.30. The van der Waals surface area contributed by atoms with Crippen molar-refractivity contribution in [3.63, 3.8) is 0 Å². The van der Waals surface area contributed by atoms with Crippen molar-refractivity contribution in [3.05, 3.63) is 36.4 Å². The van der Waals surface area contributed by atoms with E-state index in [0.717, 1.165) is 0 Å². The smallest absolute Gasteiger partial charge is 0.0990 e. The van der Waals surface area contributed by atoms with Crippen LogP contribution in [0.15, 0.2) is 30.9 Å². The zero-order chi connectivity index (χ0) is 9.47. The van der Waals surface area contributed by atoms with Crippen LogP contribution in [0.4, 0.5) is 0 Å². The molecule has 0 N–H and O–H groups in total. The molecule has 0 atom stereocenters. The molecule has 68 valence electrons. The number of hydrogen-bond acceptors (Lipinski definition) is 1. The van der Waals surface area contributed by atoms with Gasteiger partial charge in [-0.3, -0.25) is 0 Å². The van der Waals surface area contributed by atoms with Crippen LogP contribution in [0.2, 0.25) is 0 Å². The highest BCUT2D eigenvalue weighted by Crippen LogP contribution is 2.26. The van der Waals surface area contributed by atoms with Crippen molar-refractivity contribution in [2.75, 3.05) is 0 Å². The van der Waals surface area contributed by atoms with Crippen LogP contribution in [0.3, 0.4) is 0 Å². The Morgan fingerprint density at radius 3 is 2.69 bits per heavy atom. The lowest BCUT2D eigenvalue weighted by molar-refractivity contribution is 0.596. The van der Waals surface area contributed by atoms with E-state index in [0.29, 0.717) is 0 Å². The summed E-state index contributed by atoms with van der Waals surface area (Å²) in [6.45, 7) is 6.67. The number of fused-ring (bicyclic) bond motifs is 1. The Hall–Kier alpha value is -1.31. The lowest BCUT2D eigenvalue weighted by atomic mass is 9.88. The summed E-state index contributed by atoms with van der Waals surface area (Å²) in [5.41, 5.74) is 2.83. The molecule has 0 aliphatic carbocycles. The molecule has 2 aromatic heterocycles. The highest BCUT2D eigenvalue weighted by Gasteiger charge is 2.17. The van der Waals surface area contributed by atoms with Crippen LogP contribution in [-0.4, -0.2) is 9.38 Å². The molecule has 0 fully saturated rings. The summed E-state index contributed by atoms with van der Waals surface area (Å²) >= 11 is 0. The van der Waals surface area contributed by atoms with Gasteiger partial charge < -0.3 is 4.40 Å². The topological polar surface area (TPSA) is 17.3 Å². The van der Waals surface area contributed by atoms with E-state index in [9.17, 15) is 0 Å². The lowest BCUT2D eigenvalue weighted by Crippen LogP contribution is -2.10. The SMILES string of the molecule is CC(C)(C)c1ccn2cnccc12. The number of aromatic nitrogens is 2. The second kappa shape index (κ2) is 2.59. The van der Waals surface area contributed by atoms with Crippen LogP contribution in [0.5, 0.6) is 0 Å². The Morgan fingerprint density at radius 1 is 1.23 bits per heavy atom. The molecule has 13 heavy (non-hydrogen) atoms. The highest BCUT2D eigenvalue weighted by atomic mass is 14.9. The summed E-state index contributed by atoms with van der Waals surface area (Å²) in [7, 11) is 0. The van der Waals surface area contributed by atoms with Gasteiger partial charge in [0.2, 0.25) is 0 Å². The summed E-state index contributed by atoms with van der Waals surface area (Å²) in [5, 5.41) is 0. The van der Waals surface area contributed by atoms with Crippen molar-refractivity contribution in [2.24, 2.45) is 0 Å². The molecule has 0 aromatic carbocycles. The molecule has 0 saturated carbocycles. The van der Waals surface area contributed by atoms with Crippen LogP contribution in [0.1, 0.15) is 26.3 Å². The first-order valence-corrected chi connectivity index (χ1v) is 4.50. The van der Waals surface area contributed by atoms with Gasteiger partial charge in [0.15, 0.2) is 0 Å². The van der Waals surface area contributed by atoms with Crippen molar-refractivity contribution in [3.8, 4) is 0 Å². The van der Waals surface area contributed by atoms with E-state index in [2.05, 4.69) is 48.5 Å². The van der Waals surface area contributed by atoms with Gasteiger partial charge in [-0.25, -0.2) is 4.98 Å². The molecule has 0 amide bonds. The average Bonchev–Trinajstić information content (AvgIpc) is 2.45. The molecule has 2 heteroatoms. The highest BCUT2D eigenvalue weighted by molar-refractivity contribution is 5.57. The standard InChI is InChI=1S/C11H14N2/c1-11(2,3)9-5-7-13-8-12-6-4-10(9)13/h4-8H,1-3H3. The minimum atomic E-state index is 0.204. The van der Waals surface area contributed by atoms with E-state index in [4.69, 9.17) is 0 Å². The van der Waals surface area contributed by atoms with Crippen molar-refractivity contribution in [2.45, 2.75) is 26.2 Å². The predicted octanol–water partition coefficient (Wildman–Crippen LogP) is 2.63. The lowest BCUT2D eigenvalue weighted by Gasteiger charge is -2.17. The number of rotatable bonds is 0. The summed E-state index contributed by atoms with van der Waals surface area (Å²) in [5.74, 6) is 0. The molecule has 2 heterocycles. The van der Waals surface area contributed by atoms with Gasteiger partial charge in [0, 0.05) is 12.4 Å². The van der Waals surface area contributed by atoms with Crippen LogP contribution in [-0.2, 0) is 5.41 Å². The third-order valence-corrected chi connectivity index (χ3v) is 2.27. The van der Waals surface area contributed by atoms with Crippen molar-refractivity contribution < 1.29 is 0 Å². The molecule has 0 saturated heterocycles. The molecule has 0 unspecified atom stereocenters. The Kier molecular flexibility index (Phi) is 1.65. The predicted molar refractivity (Wildman–Crippen MR) is 53.9 cm³/mol. The Morgan fingerprint density at radius 2 is 2.00 bits per heavy atom. The quantitative estimate of drug-likeness (QED) is 0.600. The minimum Gasteiger partial charge on any atom is -0.308 e. The van der Waals surface area contributed by atoms with Gasteiger partial charge in [-0.05, 0) is 23.1 Å². The third-order valence-electron chi connectivity index (χ3n) is 2.27. The zero-order valence-corrected chi connectivity index (χ0v) is 8.28. The van der Waals surface area contributed by atoms with Gasteiger partial charge in [-0.1, -0.05) is 20.8 Å². The fourth-order valence-corrected chi connectivity index (χ4v) is 1.59. The van der Waals surface area contributed by atoms with Crippen LogP contribution < -0.4 is 0 Å². The van der Waals surface area contributed by atoms with Gasteiger partial charge in [0.25, 0.3) is 0 Å². The van der Waals surface area contributed by atoms with E-state index in [1.165, 1.54) is 11.1 Å². The zero-order valence-electron chi connectivity index (χ0n) is 8.28. The van der Waals surface area contributed by atoms with Crippen LogP contribution in [0.25, 0.3) is 5.52 Å². The van der Waals surface area contributed by atoms with Gasteiger partial charge in [-0.15, -0.1) is 0 Å². The average molecular weight is 174 g/mol. The molecular formula is C11H14N2. The summed E-state index contributed by atoms with van der Waals surface area (Å²) in [6.07, 6.45) is 5.73. The van der Waals surface area contributed by atoms with E-state index in [1.54, 1.807) is 0 Å². The van der Waals surface area contributed by atoms with Crippen LogP contribution in [0, 0.1) is 0 Å². The van der Waals surface area contributed by atoms with Gasteiger partial charge in [0.1, 0.15) is 0 Å². The van der Waals surface area contributed by atoms with Crippen molar-refractivity contribution in [1.82, 2.24) is 9.38 Å². The Bertz CT molecular complexity index is 421. The Balaban J connectivity index is 2.72. The first-order chi connectivity index (χ1) is 6.09. The summed E-state index contributed by atoms with van der Waals surface area (Å²) < 4.78 is 2.06. The molecule has 0 spiro atoms. The molecular weight excluding hydrogens is 160 g/mol. The molecule has 0 aliphatic heterocycles. The van der Waals surface area contributed by atoms with E-state index >= 15 is 0 Å². The maximum absolute atomic E-state index is 4.07. The maximum atomic E-state index is 4.07. The van der Waals surface area contributed by atoms with E-state index in [1.807, 2.05) is 12.5 Å². The van der Waals surface area contributed by atoms with Gasteiger partial charge in [0.05, 0.1) is 11.8 Å². The fraction of sp³-hybridized carbons (Fsp3) is 0.364. The van der Waals surface area contributed by atoms with Crippen molar-refractivity contribution >= 4 is 5.52 Å². The normalized spacial score (nSPS) is 12.2. The second-order valence-corrected chi connectivity index (χ2v) is 4.35. The molecule has 2 nitrogen and oxygen atoms in total. The number of nitrogens with zero attached hydrogens (tertiary/aromatic N) is 2. The monoisotopic (exact) mass is 174 g/mol. The largest absolute Gasteiger partial charge is 0.308 e. The van der Waals surface area contributed by atoms with Gasteiger partial charge in [-0.2, -0.15) is 0 Å². The summed E-state index contributed by atoms with van der Waals surface area (Å²) in [4.78, 5) is 4.07. The molecule has 2 aromatic rings. The third kappa shape index (κ3) is 1.32. The van der Waals surface area contributed by atoms with E-state index in [-0.39, 0.29) is 5.41 Å². The first-order valence-electron chi connectivity index (χ1n) is 4.50. The summed E-state index contributed by atoms with van der Waals surface area (Å²) in [6, 6.07) is 4.22. The van der Waals surface area contributed by atoms with Crippen LogP contribution >= 0.6 is 0 Å². The fourth-order valence-electron chi connectivity index (χ4n) is 1.59. The second-order valence-electron chi connectivity index (χ2n) is 4.35. The molecule has 2 rings (SSSR count). The maximum Gasteiger partial charge on any atom is 0.0990 e. The molecule has 0 bridgehead atoms. The van der Waals surface area contributed by atoms with E-state index < -0.39 is 0 Å². The number of hydrogen-bond donors (Lipinski definition) is 0.